The predicted octanol–water partition coefficient (Wildman–Crippen LogP) is 17.1. The summed E-state index contributed by atoms with van der Waals surface area (Å²) in [4.78, 5) is 39.8. The van der Waals surface area contributed by atoms with Crippen molar-refractivity contribution in [3.05, 3.63) is 109 Å². The minimum absolute atomic E-state index is 0.0461. The summed E-state index contributed by atoms with van der Waals surface area (Å²) in [6.07, 6.45) is 70.7. The van der Waals surface area contributed by atoms with Crippen molar-refractivity contribution in [3.8, 4) is 0 Å². The van der Waals surface area contributed by atoms with Gasteiger partial charge in [0.05, 0.1) is 33.8 Å². The zero-order chi connectivity index (χ0) is 53.6. The highest BCUT2D eigenvalue weighted by Crippen LogP contribution is 2.38. The zero-order valence-electron chi connectivity index (χ0n) is 47.5. The molecule has 0 aliphatic rings. The van der Waals surface area contributed by atoms with Gasteiger partial charge >= 0.3 is 5.97 Å². The predicted molar refractivity (Wildman–Crippen MR) is 311 cm³/mol. The molecule has 0 aromatic rings. The molecular weight excluding hydrogens is 928 g/mol. The molecule has 0 bridgehead atoms. The Hall–Kier alpha value is -3.33. The van der Waals surface area contributed by atoms with Crippen molar-refractivity contribution in [2.24, 2.45) is 0 Å². The van der Waals surface area contributed by atoms with Gasteiger partial charge in [-0.2, -0.15) is 0 Å². The summed E-state index contributed by atoms with van der Waals surface area (Å²) in [5, 5.41) is 2.97. The number of rotatable bonds is 51. The molecule has 3 atom stereocenters. The molecule has 0 spiro atoms. The van der Waals surface area contributed by atoms with E-state index in [0.717, 1.165) is 77.0 Å². The van der Waals surface area contributed by atoms with Gasteiger partial charge < -0.3 is 28.5 Å². The van der Waals surface area contributed by atoms with Crippen LogP contribution in [0.5, 0.6) is 0 Å². The second-order valence-corrected chi connectivity index (χ2v) is 21.8. The van der Waals surface area contributed by atoms with Crippen LogP contribution in [0.25, 0.3) is 0 Å². The summed E-state index contributed by atoms with van der Waals surface area (Å²) in [6.45, 7) is 6.69. The summed E-state index contributed by atoms with van der Waals surface area (Å²) in [5.74, 6) is -0.680. The molecule has 10 heteroatoms. The third-order valence-electron chi connectivity index (χ3n) is 12.2. The number of quaternary nitrogens is 1. The topological polar surface area (TPSA) is 114 Å². The number of esters is 1. The third kappa shape index (κ3) is 53.3. The van der Waals surface area contributed by atoms with E-state index in [0.29, 0.717) is 23.9 Å². The van der Waals surface area contributed by atoms with Crippen LogP contribution in [0.15, 0.2) is 109 Å². The van der Waals surface area contributed by atoms with Gasteiger partial charge in [0.15, 0.2) is 0 Å². The molecule has 1 N–H and O–H groups in total. The number of phosphoric acid groups is 1. The van der Waals surface area contributed by atoms with Gasteiger partial charge in [-0.05, 0) is 109 Å². The largest absolute Gasteiger partial charge is 0.756 e. The molecule has 0 aliphatic carbocycles. The first-order valence-electron chi connectivity index (χ1n) is 29.2. The molecule has 9 nitrogen and oxygen atoms in total. The van der Waals surface area contributed by atoms with Crippen molar-refractivity contribution < 1.29 is 37.3 Å². The molecular formula is C63H109N2O7P. The van der Waals surface area contributed by atoms with E-state index in [-0.39, 0.29) is 25.4 Å². The molecule has 3 unspecified atom stereocenters. The average molecular weight is 1040 g/mol. The van der Waals surface area contributed by atoms with E-state index in [2.05, 4.69) is 123 Å². The first-order valence-corrected chi connectivity index (χ1v) is 30.7. The number of amides is 1. The number of nitrogens with one attached hydrogen (secondary N) is 1. The van der Waals surface area contributed by atoms with E-state index in [1.165, 1.54) is 103 Å². The maximum Gasteiger partial charge on any atom is 0.306 e. The fraction of sp³-hybridized carbons (Fsp3) is 0.683. The smallest absolute Gasteiger partial charge is 0.306 e. The number of phosphoric ester groups is 1. The van der Waals surface area contributed by atoms with Gasteiger partial charge in [0.1, 0.15) is 19.3 Å². The summed E-state index contributed by atoms with van der Waals surface area (Å²) in [6, 6.07) is -0.945. The summed E-state index contributed by atoms with van der Waals surface area (Å²) in [7, 11) is 1.11. The molecule has 418 valence electrons. The van der Waals surface area contributed by atoms with Crippen molar-refractivity contribution in [3.63, 3.8) is 0 Å². The van der Waals surface area contributed by atoms with E-state index in [4.69, 9.17) is 13.8 Å². The molecule has 73 heavy (non-hydrogen) atoms. The first kappa shape index (κ1) is 69.7. The van der Waals surface area contributed by atoms with Crippen LogP contribution >= 0.6 is 7.82 Å². The number of ether oxygens (including phenoxy) is 1. The van der Waals surface area contributed by atoms with Gasteiger partial charge in [0.25, 0.3) is 7.82 Å². The van der Waals surface area contributed by atoms with Crippen LogP contribution in [-0.4, -0.2) is 69.4 Å². The van der Waals surface area contributed by atoms with Crippen LogP contribution in [0.3, 0.4) is 0 Å². The monoisotopic (exact) mass is 1040 g/mol. The van der Waals surface area contributed by atoms with Gasteiger partial charge in [-0.25, -0.2) is 0 Å². The highest BCUT2D eigenvalue weighted by atomic mass is 31.2. The Morgan fingerprint density at radius 2 is 0.836 bits per heavy atom. The van der Waals surface area contributed by atoms with Crippen molar-refractivity contribution >= 4 is 19.7 Å². The Morgan fingerprint density at radius 3 is 1.27 bits per heavy atom. The summed E-state index contributed by atoms with van der Waals surface area (Å²) in [5.41, 5.74) is 0. The minimum Gasteiger partial charge on any atom is -0.756 e. The van der Waals surface area contributed by atoms with Gasteiger partial charge in [0, 0.05) is 12.8 Å². The Balaban J connectivity index is 5.56. The third-order valence-corrected chi connectivity index (χ3v) is 13.1. The summed E-state index contributed by atoms with van der Waals surface area (Å²) >= 11 is 0. The summed E-state index contributed by atoms with van der Waals surface area (Å²) < 4.78 is 30.2. The highest BCUT2D eigenvalue weighted by Gasteiger charge is 2.27. The molecule has 0 saturated heterocycles. The molecule has 0 fully saturated rings. The van der Waals surface area contributed by atoms with Crippen molar-refractivity contribution in [2.75, 3.05) is 40.9 Å². The SMILES string of the molecule is CCCCC/C=C\C/C=C\C/C=C\C/C=C\CCCC(=O)NC(COP(=O)([O-])OCC[N+](C)(C)C)C(/C=C/CCCCCCCCCCCCC)OC(=O)CCC/C=C\C/C=C\C/C=C\C/C=C\CCCCC. The Kier molecular flexibility index (Phi) is 49.7. The number of likely N-dealkylation sites (N-methyl/N-ethyl adjacent to an activating group) is 1. The standard InChI is InChI=1S/C63H109N2O7P/c1-7-10-13-16-19-22-25-28-30-32-34-37-40-43-46-49-52-55-62(66)64-60(59-71-73(68,69)70-58-57-65(4,5)6)61(54-51-48-45-42-39-36-27-24-21-18-15-12-9-3)72-63(67)56-53-50-47-44-41-38-35-33-31-29-26-23-20-17-14-11-8-2/h19-20,22-23,28-31,34-35,37-38,43-44,46-47,51,54,60-61H,7-18,21,24-27,32-33,36,39-42,45,48-50,52-53,55-59H2,1-6H3,(H-,64,66,68,69)/b22-19-,23-20-,30-28-,31-29-,37-34-,38-35-,46-43-,47-44-,54-51+. The van der Waals surface area contributed by atoms with Crippen LogP contribution in [0, 0.1) is 0 Å². The molecule has 0 aliphatic heterocycles. The second kappa shape index (κ2) is 52.1. The second-order valence-electron chi connectivity index (χ2n) is 20.4. The van der Waals surface area contributed by atoms with Crippen molar-refractivity contribution in [1.82, 2.24) is 5.32 Å². The maximum atomic E-state index is 13.5. The molecule has 0 saturated carbocycles. The van der Waals surface area contributed by atoms with Crippen LogP contribution < -0.4 is 10.2 Å². The number of hydrogen-bond donors (Lipinski definition) is 1. The minimum atomic E-state index is -4.73. The van der Waals surface area contributed by atoms with Gasteiger partial charge in [0.2, 0.25) is 5.91 Å². The van der Waals surface area contributed by atoms with E-state index in [1.54, 1.807) is 6.08 Å². The first-order chi connectivity index (χ1) is 35.4. The fourth-order valence-corrected chi connectivity index (χ4v) is 8.35. The number of carbonyl (C=O) groups excluding carboxylic acids is 2. The molecule has 0 heterocycles. The quantitative estimate of drug-likeness (QED) is 0.0212. The van der Waals surface area contributed by atoms with Crippen molar-refractivity contribution in [2.45, 2.75) is 238 Å². The van der Waals surface area contributed by atoms with Crippen LogP contribution in [-0.2, 0) is 27.9 Å². The Bertz CT molecular complexity index is 1620. The number of allylic oxidation sites excluding steroid dienone is 17. The van der Waals surface area contributed by atoms with Crippen LogP contribution in [0.2, 0.25) is 0 Å². The normalized spacial score (nSPS) is 14.6. The molecule has 0 radical (unpaired) electrons. The van der Waals surface area contributed by atoms with E-state index >= 15 is 0 Å². The molecule has 1 amide bonds. The van der Waals surface area contributed by atoms with Gasteiger partial charge in [-0.15, -0.1) is 0 Å². The van der Waals surface area contributed by atoms with Gasteiger partial charge in [-0.1, -0.05) is 214 Å². The lowest BCUT2D eigenvalue weighted by Crippen LogP contribution is -2.47. The Morgan fingerprint density at radius 1 is 0.479 bits per heavy atom. The van der Waals surface area contributed by atoms with Crippen LogP contribution in [0.1, 0.15) is 226 Å². The molecule has 0 aromatic carbocycles. The number of nitrogens with zero attached hydrogens (tertiary/aromatic N) is 1. The van der Waals surface area contributed by atoms with Crippen LogP contribution in [0.4, 0.5) is 0 Å². The molecule has 0 aromatic heterocycles. The average Bonchev–Trinajstić information content (AvgIpc) is 3.35. The van der Waals surface area contributed by atoms with E-state index in [9.17, 15) is 19.0 Å². The van der Waals surface area contributed by atoms with Crippen molar-refractivity contribution in [1.29, 1.82) is 0 Å². The number of carbonyl (C=O) groups is 2. The molecule has 0 rings (SSSR count). The number of hydrogen-bond acceptors (Lipinski definition) is 7. The zero-order valence-corrected chi connectivity index (χ0v) is 48.4. The van der Waals surface area contributed by atoms with E-state index < -0.39 is 32.5 Å². The lowest BCUT2D eigenvalue weighted by atomic mass is 10.0. The lowest BCUT2D eigenvalue weighted by molar-refractivity contribution is -0.870. The lowest BCUT2D eigenvalue weighted by Gasteiger charge is -2.30. The fourth-order valence-electron chi connectivity index (χ4n) is 7.62. The van der Waals surface area contributed by atoms with E-state index in [1.807, 2.05) is 27.2 Å². The maximum absolute atomic E-state index is 13.5. The highest BCUT2D eigenvalue weighted by molar-refractivity contribution is 7.45. The Labute approximate surface area is 449 Å². The van der Waals surface area contributed by atoms with Gasteiger partial charge in [-0.3, -0.25) is 14.2 Å². The number of unbranched alkanes of at least 4 members (excludes halogenated alkanes) is 19.